The molecule has 0 atom stereocenters. The third-order valence-electron chi connectivity index (χ3n) is 3.10. The second-order valence-electron chi connectivity index (χ2n) is 5.19. The van der Waals surface area contributed by atoms with Gasteiger partial charge in [-0.2, -0.15) is 0 Å². The van der Waals surface area contributed by atoms with E-state index in [0.717, 1.165) is 0 Å². The first-order valence-corrected chi connectivity index (χ1v) is 7.35. The van der Waals surface area contributed by atoms with Gasteiger partial charge in [-0.05, 0) is 18.4 Å². The average Bonchev–Trinajstić information content (AvgIpc) is 3.01. The van der Waals surface area contributed by atoms with Gasteiger partial charge >= 0.3 is 5.97 Å². The molecule has 0 fully saturated rings. The van der Waals surface area contributed by atoms with E-state index >= 15 is 0 Å². The molecule has 108 valence electrons. The lowest BCUT2D eigenvalue weighted by molar-refractivity contribution is 0.0521. The van der Waals surface area contributed by atoms with Gasteiger partial charge in [0, 0.05) is 16.8 Å². The van der Waals surface area contributed by atoms with Gasteiger partial charge in [-0.25, -0.2) is 9.78 Å². The van der Waals surface area contributed by atoms with Gasteiger partial charge in [0.25, 0.3) is 0 Å². The van der Waals surface area contributed by atoms with Gasteiger partial charge in [0.15, 0.2) is 5.69 Å². The highest BCUT2D eigenvalue weighted by molar-refractivity contribution is 7.10. The minimum absolute atomic E-state index is 0.0745. The smallest absolute Gasteiger partial charge is 0.360 e. The normalized spacial score (nSPS) is 11.6. The number of thiophene rings is 1. The van der Waals surface area contributed by atoms with Crippen molar-refractivity contribution < 1.29 is 9.53 Å². The number of nitrogen functional groups attached to an aromatic ring is 1. The Balaban J connectivity index is 2.21. The highest BCUT2D eigenvalue weighted by Gasteiger charge is 2.25. The zero-order valence-electron chi connectivity index (χ0n) is 11.9. The number of esters is 1. The molecule has 0 unspecified atom stereocenters. The molecule has 2 heterocycles. The summed E-state index contributed by atoms with van der Waals surface area (Å²) in [6.45, 7) is 7.01. The minimum Gasteiger partial charge on any atom is -0.461 e. The van der Waals surface area contributed by atoms with Crippen LogP contribution in [0.4, 0.5) is 5.82 Å². The molecule has 0 radical (unpaired) electrons. The summed E-state index contributed by atoms with van der Waals surface area (Å²) in [4.78, 5) is 17.0. The number of hydrogen-bond donors (Lipinski definition) is 1. The number of rotatable bonds is 5. The molecule has 0 saturated heterocycles. The maximum atomic E-state index is 11.7. The Morgan fingerprint density at radius 3 is 2.90 bits per heavy atom. The Labute approximate surface area is 122 Å². The molecule has 0 amide bonds. The average molecular weight is 293 g/mol. The van der Waals surface area contributed by atoms with Crippen LogP contribution in [0.3, 0.4) is 0 Å². The van der Waals surface area contributed by atoms with E-state index in [1.807, 2.05) is 6.07 Å². The van der Waals surface area contributed by atoms with Crippen LogP contribution in [0.5, 0.6) is 0 Å². The largest absolute Gasteiger partial charge is 0.461 e. The number of carbonyl (C=O) groups is 1. The molecule has 6 heteroatoms. The van der Waals surface area contributed by atoms with Crippen LogP contribution in [0.25, 0.3) is 0 Å². The van der Waals surface area contributed by atoms with Crippen molar-refractivity contribution in [3.63, 3.8) is 0 Å². The van der Waals surface area contributed by atoms with Crippen molar-refractivity contribution in [3.05, 3.63) is 34.4 Å². The second-order valence-corrected chi connectivity index (χ2v) is 6.14. The molecule has 0 aliphatic carbocycles. The van der Waals surface area contributed by atoms with E-state index in [4.69, 9.17) is 10.5 Å². The molecule has 0 saturated carbocycles. The maximum absolute atomic E-state index is 11.7. The topological polar surface area (TPSA) is 70.1 Å². The number of imidazole rings is 1. The predicted molar refractivity (Wildman–Crippen MR) is 79.9 cm³/mol. The van der Waals surface area contributed by atoms with Gasteiger partial charge in [-0.15, -0.1) is 11.3 Å². The van der Waals surface area contributed by atoms with Crippen molar-refractivity contribution in [1.29, 1.82) is 0 Å². The third-order valence-corrected chi connectivity index (χ3v) is 4.34. The summed E-state index contributed by atoms with van der Waals surface area (Å²) in [7, 11) is 0. The van der Waals surface area contributed by atoms with Crippen molar-refractivity contribution in [2.24, 2.45) is 0 Å². The molecule has 0 aliphatic rings. The Morgan fingerprint density at radius 1 is 1.55 bits per heavy atom. The zero-order chi connectivity index (χ0) is 14.8. The second kappa shape index (κ2) is 5.66. The Hall–Kier alpha value is -1.82. The third kappa shape index (κ3) is 2.85. The van der Waals surface area contributed by atoms with Gasteiger partial charge in [0.1, 0.15) is 5.82 Å². The van der Waals surface area contributed by atoms with Crippen LogP contribution in [0.1, 0.15) is 36.1 Å². The summed E-state index contributed by atoms with van der Waals surface area (Å²) in [5.41, 5.74) is 6.11. The highest BCUT2D eigenvalue weighted by Crippen LogP contribution is 2.30. The molecule has 0 aromatic carbocycles. The van der Waals surface area contributed by atoms with Gasteiger partial charge < -0.3 is 15.0 Å². The van der Waals surface area contributed by atoms with E-state index in [1.54, 1.807) is 29.2 Å². The molecule has 0 aliphatic heterocycles. The lowest BCUT2D eigenvalue weighted by Gasteiger charge is -2.24. The van der Waals surface area contributed by atoms with Crippen LogP contribution < -0.4 is 5.73 Å². The number of nitrogens with zero attached hydrogens (tertiary/aromatic N) is 2. The van der Waals surface area contributed by atoms with Crippen molar-refractivity contribution in [2.45, 2.75) is 32.7 Å². The Bertz CT molecular complexity index is 588. The Morgan fingerprint density at radius 2 is 2.30 bits per heavy atom. The maximum Gasteiger partial charge on any atom is 0.360 e. The molecule has 2 aromatic heterocycles. The first-order chi connectivity index (χ1) is 9.45. The van der Waals surface area contributed by atoms with E-state index in [-0.39, 0.29) is 11.1 Å². The van der Waals surface area contributed by atoms with E-state index in [2.05, 4.69) is 30.3 Å². The van der Waals surface area contributed by atoms with Crippen molar-refractivity contribution >= 4 is 23.1 Å². The van der Waals surface area contributed by atoms with Gasteiger partial charge in [-0.1, -0.05) is 19.9 Å². The lowest BCUT2D eigenvalue weighted by atomic mass is 9.91. The molecule has 2 rings (SSSR count). The number of hydrogen-bond acceptors (Lipinski definition) is 5. The predicted octanol–water partition coefficient (Wildman–Crippen LogP) is 2.68. The number of nitrogens with two attached hydrogens (primary N) is 1. The van der Waals surface area contributed by atoms with Crippen LogP contribution in [0.15, 0.2) is 23.8 Å². The fraction of sp³-hybridized carbons (Fsp3) is 0.429. The fourth-order valence-electron chi connectivity index (χ4n) is 2.04. The zero-order valence-corrected chi connectivity index (χ0v) is 12.7. The number of aromatic nitrogens is 2. The molecule has 20 heavy (non-hydrogen) atoms. The highest BCUT2D eigenvalue weighted by atomic mass is 32.1. The number of carbonyl (C=O) groups excluding carboxylic acids is 1. The molecule has 5 nitrogen and oxygen atoms in total. The van der Waals surface area contributed by atoms with E-state index in [1.165, 1.54) is 4.88 Å². The fourth-order valence-corrected chi connectivity index (χ4v) is 2.89. The van der Waals surface area contributed by atoms with Crippen LogP contribution in [0.2, 0.25) is 0 Å². The summed E-state index contributed by atoms with van der Waals surface area (Å²) in [5, 5.41) is 2.05. The SMILES string of the molecule is CCOC(=O)c1ncn(CC(C)(C)c2cccs2)c1N. The summed E-state index contributed by atoms with van der Waals surface area (Å²) >= 11 is 1.71. The van der Waals surface area contributed by atoms with Crippen LogP contribution in [-0.2, 0) is 16.7 Å². The van der Waals surface area contributed by atoms with Crippen LogP contribution in [0, 0.1) is 0 Å². The van der Waals surface area contributed by atoms with Crippen molar-refractivity contribution in [3.8, 4) is 0 Å². The minimum atomic E-state index is -0.474. The van der Waals surface area contributed by atoms with Gasteiger partial charge in [0.05, 0.1) is 12.9 Å². The Kier molecular flexibility index (Phi) is 4.13. The van der Waals surface area contributed by atoms with Gasteiger partial charge in [0.2, 0.25) is 0 Å². The lowest BCUT2D eigenvalue weighted by Crippen LogP contribution is -2.24. The molecule has 0 bridgehead atoms. The standard InChI is InChI=1S/C14H19N3O2S/c1-4-19-13(18)11-12(15)17(9-16-11)8-14(2,3)10-6-5-7-20-10/h5-7,9H,4,8,15H2,1-3H3. The summed E-state index contributed by atoms with van der Waals surface area (Å²) in [6, 6.07) is 4.13. The van der Waals surface area contributed by atoms with Gasteiger partial charge in [-0.3, -0.25) is 0 Å². The number of anilines is 1. The first kappa shape index (κ1) is 14.6. The molecule has 2 N–H and O–H groups in total. The monoisotopic (exact) mass is 293 g/mol. The molecular formula is C14H19N3O2S. The molecule has 2 aromatic rings. The molecular weight excluding hydrogens is 274 g/mol. The number of ether oxygens (including phenoxy) is 1. The molecule has 0 spiro atoms. The summed E-state index contributed by atoms with van der Waals surface area (Å²) in [5.74, 6) is -0.120. The first-order valence-electron chi connectivity index (χ1n) is 6.47. The quantitative estimate of drug-likeness (QED) is 0.860. The van der Waals surface area contributed by atoms with Crippen LogP contribution >= 0.6 is 11.3 Å². The van der Waals surface area contributed by atoms with E-state index < -0.39 is 5.97 Å². The van der Waals surface area contributed by atoms with E-state index in [0.29, 0.717) is 19.0 Å². The van der Waals surface area contributed by atoms with Crippen molar-refractivity contribution in [1.82, 2.24) is 9.55 Å². The summed E-state index contributed by atoms with van der Waals surface area (Å²) in [6.07, 6.45) is 1.59. The van der Waals surface area contributed by atoms with Crippen LogP contribution in [-0.4, -0.2) is 22.1 Å². The van der Waals surface area contributed by atoms with Crippen molar-refractivity contribution in [2.75, 3.05) is 12.3 Å². The summed E-state index contributed by atoms with van der Waals surface area (Å²) < 4.78 is 6.73. The van der Waals surface area contributed by atoms with E-state index in [9.17, 15) is 4.79 Å².